The second-order valence-corrected chi connectivity index (χ2v) is 13.1. The molecule has 0 radical (unpaired) electrons. The van der Waals surface area contributed by atoms with Crippen LogP contribution in [0.1, 0.15) is 10.8 Å². The van der Waals surface area contributed by atoms with Crippen molar-refractivity contribution >= 4 is 73.0 Å². The molecule has 1 aromatic heterocycles. The van der Waals surface area contributed by atoms with Crippen molar-refractivity contribution < 1.29 is 13.2 Å². The number of anilines is 2. The van der Waals surface area contributed by atoms with E-state index in [4.69, 9.17) is 23.2 Å². The van der Waals surface area contributed by atoms with Crippen LogP contribution in [0.3, 0.4) is 0 Å². The van der Waals surface area contributed by atoms with Crippen molar-refractivity contribution in [3.8, 4) is 11.3 Å². The first kappa shape index (κ1) is 28.2. The maximum absolute atomic E-state index is 13.5. The van der Waals surface area contributed by atoms with Gasteiger partial charge < -0.3 is 5.32 Å². The van der Waals surface area contributed by atoms with Gasteiger partial charge in [-0.05, 0) is 60.2 Å². The fourth-order valence-corrected chi connectivity index (χ4v) is 7.10. The number of halogens is 2. The molecule has 5 aromatic rings. The van der Waals surface area contributed by atoms with Crippen LogP contribution in [0.15, 0.2) is 118 Å². The highest BCUT2D eigenvalue weighted by Crippen LogP contribution is 2.38. The monoisotopic (exact) mass is 625 g/mol. The number of nitrogens with one attached hydrogen (secondary N) is 2. The van der Waals surface area contributed by atoms with Gasteiger partial charge in [0.15, 0.2) is 5.13 Å². The summed E-state index contributed by atoms with van der Waals surface area (Å²) in [6, 6.07) is 29.7. The summed E-state index contributed by atoms with van der Waals surface area (Å²) in [5.41, 5.74) is 2.60. The molecule has 1 atom stereocenters. The average molecular weight is 627 g/mol. The first-order valence-electron chi connectivity index (χ1n) is 11.9. The molecule has 40 heavy (non-hydrogen) atoms. The van der Waals surface area contributed by atoms with E-state index < -0.39 is 15.3 Å². The molecule has 0 aliphatic rings. The predicted molar refractivity (Wildman–Crippen MR) is 165 cm³/mol. The number of thiazole rings is 1. The van der Waals surface area contributed by atoms with Gasteiger partial charge in [-0.1, -0.05) is 71.7 Å². The lowest BCUT2D eigenvalue weighted by molar-refractivity contribution is -0.115. The molecule has 202 valence electrons. The van der Waals surface area contributed by atoms with Crippen LogP contribution < -0.4 is 10.0 Å². The summed E-state index contributed by atoms with van der Waals surface area (Å²) in [6.07, 6.45) is 0. The number of rotatable bonds is 9. The number of aromatic nitrogens is 1. The van der Waals surface area contributed by atoms with E-state index in [0.29, 0.717) is 26.6 Å². The SMILES string of the molecule is O=C(Nc1nc(-c2ccc(Cl)cc2Cl)cs1)C(Sc1ccc(NS(=O)(=O)c2ccccc2)cc1)c1ccccc1. The first-order valence-corrected chi connectivity index (χ1v) is 15.9. The maximum atomic E-state index is 13.5. The van der Waals surface area contributed by atoms with Crippen LogP contribution in [0.5, 0.6) is 0 Å². The molecule has 2 N–H and O–H groups in total. The third-order valence-electron chi connectivity index (χ3n) is 5.70. The van der Waals surface area contributed by atoms with Gasteiger partial charge in [0, 0.05) is 26.5 Å². The van der Waals surface area contributed by atoms with E-state index in [0.717, 1.165) is 16.0 Å². The zero-order chi connectivity index (χ0) is 28.1. The largest absolute Gasteiger partial charge is 0.301 e. The minimum absolute atomic E-state index is 0.179. The third kappa shape index (κ3) is 6.86. The lowest BCUT2D eigenvalue weighted by Crippen LogP contribution is -2.19. The molecular formula is C29H21Cl2N3O3S3. The summed E-state index contributed by atoms with van der Waals surface area (Å²) in [5, 5.41) is 5.62. The van der Waals surface area contributed by atoms with Crippen LogP contribution in [0.25, 0.3) is 11.3 Å². The van der Waals surface area contributed by atoms with E-state index in [1.807, 2.05) is 35.7 Å². The molecule has 1 heterocycles. The Morgan fingerprint density at radius 3 is 2.23 bits per heavy atom. The van der Waals surface area contributed by atoms with Crippen LogP contribution in [-0.4, -0.2) is 19.3 Å². The Morgan fingerprint density at radius 2 is 1.55 bits per heavy atom. The van der Waals surface area contributed by atoms with E-state index in [2.05, 4.69) is 15.0 Å². The fourth-order valence-electron chi connectivity index (χ4n) is 3.78. The molecule has 0 aliphatic carbocycles. The van der Waals surface area contributed by atoms with Crippen LogP contribution in [-0.2, 0) is 14.8 Å². The van der Waals surface area contributed by atoms with E-state index in [1.165, 1.54) is 35.2 Å². The van der Waals surface area contributed by atoms with Gasteiger partial charge in [0.2, 0.25) is 5.91 Å². The third-order valence-corrected chi connectivity index (χ3v) is 9.66. The number of hydrogen-bond acceptors (Lipinski definition) is 6. The summed E-state index contributed by atoms with van der Waals surface area (Å²) >= 11 is 15.0. The molecule has 0 saturated carbocycles. The van der Waals surface area contributed by atoms with Crippen LogP contribution in [0, 0.1) is 0 Å². The van der Waals surface area contributed by atoms with Gasteiger partial charge in [0.25, 0.3) is 10.0 Å². The quantitative estimate of drug-likeness (QED) is 0.161. The zero-order valence-electron chi connectivity index (χ0n) is 20.6. The highest BCUT2D eigenvalue weighted by Gasteiger charge is 2.24. The summed E-state index contributed by atoms with van der Waals surface area (Å²) in [6.45, 7) is 0. The Morgan fingerprint density at radius 1 is 0.875 bits per heavy atom. The predicted octanol–water partition coefficient (Wildman–Crippen LogP) is 8.39. The number of thioether (sulfide) groups is 1. The van der Waals surface area contributed by atoms with E-state index >= 15 is 0 Å². The number of carbonyl (C=O) groups excluding carboxylic acids is 1. The lowest BCUT2D eigenvalue weighted by Gasteiger charge is -2.16. The molecule has 1 amide bonds. The van der Waals surface area contributed by atoms with Gasteiger partial charge in [-0.3, -0.25) is 9.52 Å². The van der Waals surface area contributed by atoms with Gasteiger partial charge in [-0.15, -0.1) is 23.1 Å². The highest BCUT2D eigenvalue weighted by atomic mass is 35.5. The normalized spacial score (nSPS) is 12.1. The average Bonchev–Trinajstić information content (AvgIpc) is 3.41. The van der Waals surface area contributed by atoms with Crippen molar-refractivity contribution in [1.29, 1.82) is 0 Å². The van der Waals surface area contributed by atoms with Crippen molar-refractivity contribution in [3.63, 3.8) is 0 Å². The number of nitrogens with zero attached hydrogens (tertiary/aromatic N) is 1. The molecule has 4 aromatic carbocycles. The second-order valence-electron chi connectivity index (χ2n) is 8.50. The minimum atomic E-state index is -3.70. The number of hydrogen-bond donors (Lipinski definition) is 2. The molecule has 6 nitrogen and oxygen atoms in total. The van der Waals surface area contributed by atoms with Gasteiger partial charge >= 0.3 is 0 Å². The van der Waals surface area contributed by atoms with Crippen molar-refractivity contribution in [1.82, 2.24) is 4.98 Å². The Kier molecular flexibility index (Phi) is 8.78. The van der Waals surface area contributed by atoms with Crippen molar-refractivity contribution in [2.75, 3.05) is 10.0 Å². The van der Waals surface area contributed by atoms with Crippen molar-refractivity contribution in [2.45, 2.75) is 15.0 Å². The second kappa shape index (κ2) is 12.4. The van der Waals surface area contributed by atoms with E-state index in [1.54, 1.807) is 60.7 Å². The molecule has 0 saturated heterocycles. The lowest BCUT2D eigenvalue weighted by atomic mass is 10.1. The fraction of sp³-hybridized carbons (Fsp3) is 0.0345. The van der Waals surface area contributed by atoms with Gasteiger partial charge in [-0.25, -0.2) is 13.4 Å². The molecule has 0 aliphatic heterocycles. The van der Waals surface area contributed by atoms with Crippen molar-refractivity contribution in [2.24, 2.45) is 0 Å². The summed E-state index contributed by atoms with van der Waals surface area (Å²) in [7, 11) is -3.70. The highest BCUT2D eigenvalue weighted by molar-refractivity contribution is 8.00. The topological polar surface area (TPSA) is 88.2 Å². The molecule has 0 fully saturated rings. The zero-order valence-corrected chi connectivity index (χ0v) is 24.6. The Hall–Kier alpha value is -3.34. The van der Waals surface area contributed by atoms with E-state index in [9.17, 15) is 13.2 Å². The molecular weight excluding hydrogens is 605 g/mol. The molecule has 1 unspecified atom stereocenters. The standard InChI is InChI=1S/C29H21Cl2N3O3S3/c30-20-11-16-24(25(31)17-20)26-18-38-29(32-26)33-28(35)27(19-7-3-1-4-8-19)39-22-14-12-21(13-15-22)34-40(36,37)23-9-5-2-6-10-23/h1-18,27,34H,(H,32,33,35). The van der Waals surface area contributed by atoms with Crippen LogP contribution in [0.4, 0.5) is 10.8 Å². The molecule has 5 rings (SSSR count). The summed E-state index contributed by atoms with van der Waals surface area (Å²) in [5.74, 6) is -0.242. The smallest absolute Gasteiger partial charge is 0.261 e. The summed E-state index contributed by atoms with van der Waals surface area (Å²) in [4.78, 5) is 19.0. The molecule has 11 heteroatoms. The van der Waals surface area contributed by atoms with E-state index in [-0.39, 0.29) is 10.8 Å². The van der Waals surface area contributed by atoms with Crippen molar-refractivity contribution in [3.05, 3.63) is 124 Å². The Balaban J connectivity index is 1.32. The Bertz CT molecular complexity index is 1730. The summed E-state index contributed by atoms with van der Waals surface area (Å²) < 4.78 is 27.9. The van der Waals surface area contributed by atoms with Crippen LogP contribution in [0.2, 0.25) is 10.0 Å². The number of carbonyl (C=O) groups is 1. The maximum Gasteiger partial charge on any atom is 0.261 e. The first-order chi connectivity index (χ1) is 19.3. The Labute approximate surface area is 250 Å². The van der Waals surface area contributed by atoms with Gasteiger partial charge in [0.1, 0.15) is 5.25 Å². The molecule has 0 bridgehead atoms. The minimum Gasteiger partial charge on any atom is -0.301 e. The molecule has 0 spiro atoms. The van der Waals surface area contributed by atoms with Gasteiger partial charge in [-0.2, -0.15) is 0 Å². The number of sulfonamides is 1. The number of benzene rings is 4. The van der Waals surface area contributed by atoms with Gasteiger partial charge in [0.05, 0.1) is 15.6 Å². The van der Waals surface area contributed by atoms with Crippen LogP contribution >= 0.6 is 46.3 Å². The number of amides is 1.